The molecule has 2 aromatic carbocycles. The third-order valence-corrected chi connectivity index (χ3v) is 4.51. The monoisotopic (exact) mass is 350 g/mol. The van der Waals surface area contributed by atoms with E-state index in [2.05, 4.69) is 5.32 Å². The van der Waals surface area contributed by atoms with Crippen LogP contribution in [0.2, 0.25) is 0 Å². The van der Waals surface area contributed by atoms with Crippen LogP contribution in [0.15, 0.2) is 47.4 Å². The van der Waals surface area contributed by atoms with Gasteiger partial charge < -0.3 is 14.6 Å². The van der Waals surface area contributed by atoms with Crippen LogP contribution in [-0.4, -0.2) is 17.6 Å². The van der Waals surface area contributed by atoms with E-state index in [1.165, 1.54) is 0 Å². The molecule has 0 aliphatic carbocycles. The molecule has 0 atom stereocenters. The zero-order chi connectivity index (χ0) is 18.8. The molecule has 3 rings (SSSR count). The Morgan fingerprint density at radius 2 is 1.92 bits per heavy atom. The molecule has 0 unspecified atom stereocenters. The lowest BCUT2D eigenvalue weighted by atomic mass is 10.1. The summed E-state index contributed by atoms with van der Waals surface area (Å²) in [5.41, 5.74) is 3.30. The number of hydrogen-bond acceptors (Lipinski definition) is 3. The quantitative estimate of drug-likeness (QED) is 0.776. The predicted octanol–water partition coefficient (Wildman–Crippen LogP) is 3.90. The van der Waals surface area contributed by atoms with Crippen molar-refractivity contribution in [2.75, 3.05) is 12.4 Å². The fourth-order valence-corrected chi connectivity index (χ4v) is 2.99. The van der Waals surface area contributed by atoms with E-state index < -0.39 is 5.91 Å². The van der Waals surface area contributed by atoms with E-state index in [1.807, 2.05) is 55.7 Å². The van der Waals surface area contributed by atoms with Gasteiger partial charge in [0.05, 0.1) is 18.0 Å². The van der Waals surface area contributed by atoms with Gasteiger partial charge in [-0.2, -0.15) is 0 Å². The summed E-state index contributed by atoms with van der Waals surface area (Å²) >= 11 is 0. The summed E-state index contributed by atoms with van der Waals surface area (Å²) in [7, 11) is 1.55. The number of carbonyl (C=O) groups excluding carboxylic acids is 1. The highest BCUT2D eigenvalue weighted by Gasteiger charge is 2.16. The normalized spacial score (nSPS) is 10.8. The molecule has 0 radical (unpaired) electrons. The zero-order valence-corrected chi connectivity index (χ0v) is 15.4. The zero-order valence-electron chi connectivity index (χ0n) is 15.4. The van der Waals surface area contributed by atoms with E-state index in [4.69, 9.17) is 4.74 Å². The van der Waals surface area contributed by atoms with Crippen LogP contribution in [0, 0.1) is 13.8 Å². The van der Waals surface area contributed by atoms with Gasteiger partial charge in [-0.1, -0.05) is 12.1 Å². The predicted molar refractivity (Wildman–Crippen MR) is 104 cm³/mol. The number of anilines is 1. The number of aryl methyl sites for hydroxylation is 3. The van der Waals surface area contributed by atoms with E-state index >= 15 is 0 Å². The second-order valence-electron chi connectivity index (χ2n) is 6.31. The van der Waals surface area contributed by atoms with Crippen LogP contribution in [0.4, 0.5) is 5.69 Å². The Morgan fingerprint density at radius 3 is 2.62 bits per heavy atom. The van der Waals surface area contributed by atoms with Gasteiger partial charge in [0.15, 0.2) is 0 Å². The minimum atomic E-state index is -0.407. The number of amides is 1. The minimum absolute atomic E-state index is 0.119. The standard InChI is InChI=1S/C21H22N2O3/c1-5-23-12-17(20(24)16-11-15(26-4)8-9-19(16)23)21(25)22-18-10-13(2)6-7-14(18)3/h6-12H,5H2,1-4H3,(H,22,25). The van der Waals surface area contributed by atoms with Crippen molar-refractivity contribution < 1.29 is 9.53 Å². The first-order chi connectivity index (χ1) is 12.4. The van der Waals surface area contributed by atoms with Crippen molar-refractivity contribution in [3.05, 3.63) is 69.5 Å². The number of benzene rings is 2. The maximum Gasteiger partial charge on any atom is 0.261 e. The number of aromatic nitrogens is 1. The molecule has 0 spiro atoms. The van der Waals surface area contributed by atoms with Gasteiger partial charge in [-0.05, 0) is 56.2 Å². The molecule has 0 aliphatic heterocycles. The summed E-state index contributed by atoms with van der Waals surface area (Å²) in [6, 6.07) is 11.2. The highest BCUT2D eigenvalue weighted by atomic mass is 16.5. The Bertz CT molecular complexity index is 1050. The number of fused-ring (bicyclic) bond motifs is 1. The average Bonchev–Trinajstić information content (AvgIpc) is 2.64. The first kappa shape index (κ1) is 17.7. The van der Waals surface area contributed by atoms with Crippen LogP contribution in [0.3, 0.4) is 0 Å². The van der Waals surface area contributed by atoms with Crippen LogP contribution in [0.1, 0.15) is 28.4 Å². The molecule has 5 heteroatoms. The molecular formula is C21H22N2O3. The largest absolute Gasteiger partial charge is 0.497 e. The SMILES string of the molecule is CCn1cc(C(=O)Nc2cc(C)ccc2C)c(=O)c2cc(OC)ccc21. The van der Waals surface area contributed by atoms with Crippen LogP contribution >= 0.6 is 0 Å². The van der Waals surface area contributed by atoms with Crippen molar-refractivity contribution in [2.24, 2.45) is 0 Å². The van der Waals surface area contributed by atoms with E-state index in [-0.39, 0.29) is 11.0 Å². The van der Waals surface area contributed by atoms with Crippen molar-refractivity contribution in [1.82, 2.24) is 4.57 Å². The summed E-state index contributed by atoms with van der Waals surface area (Å²) in [5, 5.41) is 3.34. The summed E-state index contributed by atoms with van der Waals surface area (Å²) < 4.78 is 7.12. The van der Waals surface area contributed by atoms with Crippen LogP contribution < -0.4 is 15.5 Å². The molecule has 0 saturated heterocycles. The Balaban J connectivity index is 2.11. The minimum Gasteiger partial charge on any atom is -0.497 e. The lowest BCUT2D eigenvalue weighted by molar-refractivity contribution is 0.102. The van der Waals surface area contributed by atoms with E-state index in [0.717, 1.165) is 16.6 Å². The number of rotatable bonds is 4. The van der Waals surface area contributed by atoms with Gasteiger partial charge in [-0.25, -0.2) is 0 Å². The van der Waals surface area contributed by atoms with Gasteiger partial charge in [0.1, 0.15) is 11.3 Å². The Labute approximate surface area is 152 Å². The van der Waals surface area contributed by atoms with Crippen LogP contribution in [0.5, 0.6) is 5.75 Å². The van der Waals surface area contributed by atoms with Gasteiger partial charge in [0, 0.05) is 18.4 Å². The molecule has 134 valence electrons. The Morgan fingerprint density at radius 1 is 1.15 bits per heavy atom. The second-order valence-corrected chi connectivity index (χ2v) is 6.31. The Hall–Kier alpha value is -3.08. The van der Waals surface area contributed by atoms with Crippen molar-refractivity contribution in [3.8, 4) is 5.75 Å². The summed E-state index contributed by atoms with van der Waals surface area (Å²) in [5.74, 6) is 0.181. The molecule has 26 heavy (non-hydrogen) atoms. The summed E-state index contributed by atoms with van der Waals surface area (Å²) in [6.45, 7) is 6.50. The fraction of sp³-hybridized carbons (Fsp3) is 0.238. The highest BCUT2D eigenvalue weighted by molar-refractivity contribution is 6.06. The van der Waals surface area contributed by atoms with Crippen molar-refractivity contribution >= 4 is 22.5 Å². The molecule has 0 saturated carbocycles. The van der Waals surface area contributed by atoms with Crippen molar-refractivity contribution in [1.29, 1.82) is 0 Å². The molecule has 3 aromatic rings. The lowest BCUT2D eigenvalue weighted by Gasteiger charge is -2.13. The van der Waals surface area contributed by atoms with Gasteiger partial charge >= 0.3 is 0 Å². The van der Waals surface area contributed by atoms with Gasteiger partial charge in [0.25, 0.3) is 5.91 Å². The van der Waals surface area contributed by atoms with Crippen LogP contribution in [-0.2, 0) is 6.54 Å². The third kappa shape index (κ3) is 3.20. The van der Waals surface area contributed by atoms with Gasteiger partial charge in [-0.15, -0.1) is 0 Å². The summed E-state index contributed by atoms with van der Waals surface area (Å²) in [6.07, 6.45) is 1.62. The van der Waals surface area contributed by atoms with Gasteiger partial charge in [-0.3, -0.25) is 9.59 Å². The molecule has 1 heterocycles. The third-order valence-electron chi connectivity index (χ3n) is 4.51. The fourth-order valence-electron chi connectivity index (χ4n) is 2.99. The molecule has 0 aliphatic rings. The van der Waals surface area contributed by atoms with E-state index in [9.17, 15) is 9.59 Å². The molecule has 1 N–H and O–H groups in total. The number of hydrogen-bond donors (Lipinski definition) is 1. The highest BCUT2D eigenvalue weighted by Crippen LogP contribution is 2.20. The molecule has 5 nitrogen and oxygen atoms in total. The number of nitrogens with one attached hydrogen (secondary N) is 1. The first-order valence-corrected chi connectivity index (χ1v) is 8.54. The maximum atomic E-state index is 12.9. The topological polar surface area (TPSA) is 60.3 Å². The van der Waals surface area contributed by atoms with Crippen LogP contribution in [0.25, 0.3) is 10.9 Å². The second kappa shape index (κ2) is 7.04. The molecule has 1 aromatic heterocycles. The molecule has 0 bridgehead atoms. The van der Waals surface area contributed by atoms with Crippen molar-refractivity contribution in [2.45, 2.75) is 27.3 Å². The molecular weight excluding hydrogens is 328 g/mol. The van der Waals surface area contributed by atoms with Gasteiger partial charge in [0.2, 0.25) is 5.43 Å². The summed E-state index contributed by atoms with van der Waals surface area (Å²) in [4.78, 5) is 25.7. The number of ether oxygens (including phenoxy) is 1. The average molecular weight is 350 g/mol. The lowest BCUT2D eigenvalue weighted by Crippen LogP contribution is -2.24. The number of nitrogens with zero attached hydrogens (tertiary/aromatic N) is 1. The smallest absolute Gasteiger partial charge is 0.261 e. The van der Waals surface area contributed by atoms with E-state index in [1.54, 1.807) is 19.4 Å². The number of methoxy groups -OCH3 is 1. The molecule has 1 amide bonds. The van der Waals surface area contributed by atoms with Crippen molar-refractivity contribution in [3.63, 3.8) is 0 Å². The number of carbonyl (C=O) groups is 1. The maximum absolute atomic E-state index is 12.9. The Kier molecular flexibility index (Phi) is 4.80. The number of pyridine rings is 1. The first-order valence-electron chi connectivity index (χ1n) is 8.54. The molecule has 0 fully saturated rings. The van der Waals surface area contributed by atoms with E-state index in [0.29, 0.717) is 23.4 Å².